The lowest BCUT2D eigenvalue weighted by molar-refractivity contribution is 0.337. The Morgan fingerprint density at radius 2 is 2.06 bits per heavy atom. The highest BCUT2D eigenvalue weighted by atomic mass is 79.9. The molecular weight excluding hydrogens is 290 g/mol. The second-order valence-electron chi connectivity index (χ2n) is 6.01. The highest BCUT2D eigenvalue weighted by Gasteiger charge is 2.17. The zero-order valence-electron chi connectivity index (χ0n) is 11.2. The van der Waals surface area contributed by atoms with E-state index in [1.165, 1.54) is 0 Å². The second kappa shape index (κ2) is 5.06. The number of hydrogen-bond acceptors (Lipinski definition) is 2. The minimum Gasteiger partial charge on any atom is -0.458 e. The van der Waals surface area contributed by atoms with Crippen LogP contribution in [0.2, 0.25) is 0 Å². The van der Waals surface area contributed by atoms with Gasteiger partial charge in [0.25, 0.3) is 0 Å². The van der Waals surface area contributed by atoms with Crippen molar-refractivity contribution in [3.63, 3.8) is 0 Å². The van der Waals surface area contributed by atoms with Gasteiger partial charge in [-0.25, -0.2) is 0 Å². The SMILES string of the molecule is CC(C)(C)CCC(N)c1cc2cccc(Br)c2o1. The number of halogens is 1. The molecule has 0 amide bonds. The zero-order valence-corrected chi connectivity index (χ0v) is 12.8. The highest BCUT2D eigenvalue weighted by molar-refractivity contribution is 9.10. The Balaban J connectivity index is 2.18. The Morgan fingerprint density at radius 1 is 1.33 bits per heavy atom. The van der Waals surface area contributed by atoms with Gasteiger partial charge in [0.1, 0.15) is 11.3 Å². The summed E-state index contributed by atoms with van der Waals surface area (Å²) in [6.45, 7) is 6.69. The van der Waals surface area contributed by atoms with Gasteiger partial charge in [-0.3, -0.25) is 0 Å². The third-order valence-corrected chi connectivity index (χ3v) is 3.71. The molecule has 1 aromatic carbocycles. The van der Waals surface area contributed by atoms with Crippen LogP contribution in [0.25, 0.3) is 11.0 Å². The van der Waals surface area contributed by atoms with Gasteiger partial charge in [0.15, 0.2) is 0 Å². The fourth-order valence-corrected chi connectivity index (χ4v) is 2.42. The largest absolute Gasteiger partial charge is 0.458 e. The molecule has 2 N–H and O–H groups in total. The van der Waals surface area contributed by atoms with Crippen molar-refractivity contribution in [2.45, 2.75) is 39.7 Å². The summed E-state index contributed by atoms with van der Waals surface area (Å²) in [5.41, 5.74) is 7.40. The molecule has 0 aliphatic carbocycles. The Morgan fingerprint density at radius 3 is 2.67 bits per heavy atom. The maximum atomic E-state index is 6.21. The van der Waals surface area contributed by atoms with Crippen molar-refractivity contribution < 1.29 is 4.42 Å². The molecule has 2 nitrogen and oxygen atoms in total. The van der Waals surface area contributed by atoms with Crippen LogP contribution >= 0.6 is 15.9 Å². The molecule has 1 unspecified atom stereocenters. The van der Waals surface area contributed by atoms with E-state index in [0.29, 0.717) is 5.41 Å². The van der Waals surface area contributed by atoms with E-state index in [1.807, 2.05) is 24.3 Å². The summed E-state index contributed by atoms with van der Waals surface area (Å²) in [7, 11) is 0. The van der Waals surface area contributed by atoms with E-state index < -0.39 is 0 Å². The fraction of sp³-hybridized carbons (Fsp3) is 0.467. The van der Waals surface area contributed by atoms with Crippen molar-refractivity contribution in [1.82, 2.24) is 0 Å². The van der Waals surface area contributed by atoms with Crippen LogP contribution in [-0.2, 0) is 0 Å². The molecule has 2 rings (SSSR count). The number of nitrogens with two attached hydrogens (primary N) is 1. The van der Waals surface area contributed by atoms with E-state index in [1.54, 1.807) is 0 Å². The fourth-order valence-electron chi connectivity index (χ4n) is 1.96. The van der Waals surface area contributed by atoms with Crippen LogP contribution in [0.5, 0.6) is 0 Å². The van der Waals surface area contributed by atoms with E-state index in [9.17, 15) is 0 Å². The van der Waals surface area contributed by atoms with Crippen molar-refractivity contribution in [3.8, 4) is 0 Å². The average molecular weight is 310 g/mol. The van der Waals surface area contributed by atoms with Crippen LogP contribution in [0.4, 0.5) is 0 Å². The highest BCUT2D eigenvalue weighted by Crippen LogP contribution is 2.32. The predicted octanol–water partition coefficient (Wildman–Crippen LogP) is 5.02. The first-order chi connectivity index (χ1) is 8.37. The maximum absolute atomic E-state index is 6.21. The zero-order chi connectivity index (χ0) is 13.3. The molecule has 1 aromatic heterocycles. The first-order valence-electron chi connectivity index (χ1n) is 6.30. The summed E-state index contributed by atoms with van der Waals surface area (Å²) < 4.78 is 6.83. The van der Waals surface area contributed by atoms with E-state index in [4.69, 9.17) is 10.2 Å². The number of furan rings is 1. The standard InChI is InChI=1S/C15H20BrNO/c1-15(2,3)8-7-12(17)13-9-10-5-4-6-11(16)14(10)18-13/h4-6,9,12H,7-8,17H2,1-3H3. The van der Waals surface area contributed by atoms with Crippen LogP contribution in [0.15, 0.2) is 33.2 Å². The van der Waals surface area contributed by atoms with E-state index in [0.717, 1.165) is 34.0 Å². The molecule has 0 radical (unpaired) electrons. The quantitative estimate of drug-likeness (QED) is 0.864. The van der Waals surface area contributed by atoms with Crippen LogP contribution in [0.3, 0.4) is 0 Å². The molecule has 1 heterocycles. The molecular formula is C15H20BrNO. The summed E-state index contributed by atoms with van der Waals surface area (Å²) in [4.78, 5) is 0. The molecule has 0 fully saturated rings. The third kappa shape index (κ3) is 3.15. The van der Waals surface area contributed by atoms with Crippen molar-refractivity contribution in [1.29, 1.82) is 0 Å². The van der Waals surface area contributed by atoms with Gasteiger partial charge in [-0.1, -0.05) is 32.9 Å². The molecule has 0 aliphatic rings. The summed E-state index contributed by atoms with van der Waals surface area (Å²) in [6.07, 6.45) is 2.04. The van der Waals surface area contributed by atoms with E-state index in [-0.39, 0.29) is 6.04 Å². The van der Waals surface area contributed by atoms with Gasteiger partial charge in [0.05, 0.1) is 10.5 Å². The minimum atomic E-state index is -0.0245. The molecule has 1 atom stereocenters. The van der Waals surface area contributed by atoms with E-state index in [2.05, 4.69) is 36.7 Å². The second-order valence-corrected chi connectivity index (χ2v) is 6.87. The first kappa shape index (κ1) is 13.6. The first-order valence-corrected chi connectivity index (χ1v) is 7.10. The predicted molar refractivity (Wildman–Crippen MR) is 79.5 cm³/mol. The van der Waals surface area contributed by atoms with Crippen molar-refractivity contribution >= 4 is 26.9 Å². The smallest absolute Gasteiger partial charge is 0.148 e. The molecule has 0 bridgehead atoms. The van der Waals surface area contributed by atoms with Gasteiger partial charge in [0, 0.05) is 5.39 Å². The number of fused-ring (bicyclic) bond motifs is 1. The van der Waals surface area contributed by atoms with Gasteiger partial charge < -0.3 is 10.2 Å². The van der Waals surface area contributed by atoms with Gasteiger partial charge in [-0.05, 0) is 46.3 Å². The van der Waals surface area contributed by atoms with E-state index >= 15 is 0 Å². The van der Waals surface area contributed by atoms with Gasteiger partial charge in [-0.2, -0.15) is 0 Å². The van der Waals surface area contributed by atoms with Gasteiger partial charge in [0.2, 0.25) is 0 Å². The molecule has 0 saturated carbocycles. The van der Waals surface area contributed by atoms with Crippen molar-refractivity contribution in [2.24, 2.45) is 11.1 Å². The Bertz CT molecular complexity index is 539. The lowest BCUT2D eigenvalue weighted by Gasteiger charge is -2.19. The molecule has 0 saturated heterocycles. The topological polar surface area (TPSA) is 39.2 Å². The van der Waals surface area contributed by atoms with Crippen molar-refractivity contribution in [3.05, 3.63) is 34.5 Å². The minimum absolute atomic E-state index is 0.0245. The lowest BCUT2D eigenvalue weighted by Crippen LogP contribution is -2.14. The molecule has 18 heavy (non-hydrogen) atoms. The van der Waals surface area contributed by atoms with Crippen LogP contribution < -0.4 is 5.73 Å². The Labute approximate surface area is 117 Å². The summed E-state index contributed by atoms with van der Waals surface area (Å²) in [5.74, 6) is 0.876. The normalized spacial score (nSPS) is 14.1. The van der Waals surface area contributed by atoms with Crippen LogP contribution in [0.1, 0.15) is 45.4 Å². The molecule has 0 spiro atoms. The molecule has 98 valence electrons. The average Bonchev–Trinajstić information content (AvgIpc) is 2.70. The number of hydrogen-bond donors (Lipinski definition) is 1. The molecule has 0 aliphatic heterocycles. The summed E-state index contributed by atoms with van der Waals surface area (Å²) in [5, 5.41) is 1.10. The summed E-state index contributed by atoms with van der Waals surface area (Å²) >= 11 is 3.50. The summed E-state index contributed by atoms with van der Waals surface area (Å²) in [6, 6.07) is 8.06. The van der Waals surface area contributed by atoms with Crippen LogP contribution in [-0.4, -0.2) is 0 Å². The maximum Gasteiger partial charge on any atom is 0.148 e. The Kier molecular flexibility index (Phi) is 3.83. The van der Waals surface area contributed by atoms with Crippen LogP contribution in [0, 0.1) is 5.41 Å². The molecule has 3 heteroatoms. The van der Waals surface area contributed by atoms with Gasteiger partial charge >= 0.3 is 0 Å². The lowest BCUT2D eigenvalue weighted by atomic mass is 9.88. The van der Waals surface area contributed by atoms with Crippen molar-refractivity contribution in [2.75, 3.05) is 0 Å². The number of rotatable bonds is 3. The number of benzene rings is 1. The Hall–Kier alpha value is -0.800. The van der Waals surface area contributed by atoms with Gasteiger partial charge in [-0.15, -0.1) is 0 Å². The molecule has 2 aromatic rings. The third-order valence-electron chi connectivity index (χ3n) is 3.09. The monoisotopic (exact) mass is 309 g/mol. The number of para-hydroxylation sites is 1.